The lowest BCUT2D eigenvalue weighted by atomic mass is 10.3. The fourth-order valence-corrected chi connectivity index (χ4v) is 1.22. The van der Waals surface area contributed by atoms with Gasteiger partial charge in [0, 0.05) is 24.7 Å². The molecule has 0 spiro atoms. The third-order valence-corrected chi connectivity index (χ3v) is 2.12. The average molecular weight is 243 g/mol. The Morgan fingerprint density at radius 1 is 1.11 bits per heavy atom. The summed E-state index contributed by atoms with van der Waals surface area (Å²) >= 11 is 0. The first-order valence-corrected chi connectivity index (χ1v) is 5.05. The van der Waals surface area contributed by atoms with Gasteiger partial charge in [-0.2, -0.15) is 0 Å². The van der Waals surface area contributed by atoms with Crippen molar-refractivity contribution in [2.24, 2.45) is 5.73 Å². The third-order valence-electron chi connectivity index (χ3n) is 2.12. The molecule has 0 aliphatic carbocycles. The number of esters is 1. The number of carbonyl (C=O) groups is 2. The summed E-state index contributed by atoms with van der Waals surface area (Å²) in [5, 5.41) is 0. The van der Waals surface area contributed by atoms with Crippen LogP contribution in [-0.4, -0.2) is 21.8 Å². The van der Waals surface area contributed by atoms with Crippen molar-refractivity contribution in [2.75, 3.05) is 0 Å². The highest BCUT2D eigenvalue weighted by atomic mass is 16.5. The Morgan fingerprint density at radius 2 is 1.94 bits per heavy atom. The first-order valence-electron chi connectivity index (χ1n) is 5.05. The van der Waals surface area contributed by atoms with Gasteiger partial charge >= 0.3 is 5.97 Å². The SMILES string of the molecule is NC(=O)c1ccc(OC(=O)c2cccnc2)nc1. The number of rotatable bonds is 3. The molecule has 2 aromatic heterocycles. The molecule has 6 heteroatoms. The van der Waals surface area contributed by atoms with Gasteiger partial charge in [-0.05, 0) is 18.2 Å². The maximum atomic E-state index is 11.6. The average Bonchev–Trinajstić information content (AvgIpc) is 2.40. The van der Waals surface area contributed by atoms with Gasteiger partial charge in [-0.1, -0.05) is 0 Å². The molecule has 0 atom stereocenters. The number of hydrogen-bond donors (Lipinski definition) is 1. The van der Waals surface area contributed by atoms with Crippen molar-refractivity contribution in [2.45, 2.75) is 0 Å². The van der Waals surface area contributed by atoms with Gasteiger partial charge in [0.1, 0.15) is 0 Å². The molecule has 90 valence electrons. The van der Waals surface area contributed by atoms with Crippen molar-refractivity contribution < 1.29 is 14.3 Å². The Labute approximate surface area is 102 Å². The van der Waals surface area contributed by atoms with Gasteiger partial charge in [-0.25, -0.2) is 9.78 Å². The molecule has 18 heavy (non-hydrogen) atoms. The molecule has 0 aliphatic rings. The lowest BCUT2D eigenvalue weighted by Gasteiger charge is -2.03. The predicted molar refractivity (Wildman–Crippen MR) is 62.0 cm³/mol. The second-order valence-electron chi connectivity index (χ2n) is 3.38. The van der Waals surface area contributed by atoms with Gasteiger partial charge < -0.3 is 10.5 Å². The van der Waals surface area contributed by atoms with Crippen LogP contribution in [-0.2, 0) is 0 Å². The Kier molecular flexibility index (Phi) is 3.29. The van der Waals surface area contributed by atoms with Crippen LogP contribution < -0.4 is 10.5 Å². The predicted octanol–water partition coefficient (Wildman–Crippen LogP) is 0.795. The van der Waals surface area contributed by atoms with Crippen LogP contribution in [0.15, 0.2) is 42.9 Å². The Bertz CT molecular complexity index is 567. The minimum Gasteiger partial charge on any atom is -0.404 e. The van der Waals surface area contributed by atoms with E-state index in [1.807, 2.05) is 0 Å². The van der Waals surface area contributed by atoms with Crippen molar-refractivity contribution in [1.82, 2.24) is 9.97 Å². The van der Waals surface area contributed by atoms with E-state index < -0.39 is 11.9 Å². The Hall–Kier alpha value is -2.76. The van der Waals surface area contributed by atoms with Crippen molar-refractivity contribution in [3.63, 3.8) is 0 Å². The Morgan fingerprint density at radius 3 is 2.50 bits per heavy atom. The number of carbonyl (C=O) groups excluding carboxylic acids is 2. The van der Waals surface area contributed by atoms with Crippen LogP contribution in [0.25, 0.3) is 0 Å². The molecule has 2 heterocycles. The number of ether oxygens (including phenoxy) is 1. The first-order chi connectivity index (χ1) is 8.66. The van der Waals surface area contributed by atoms with Crippen LogP contribution in [0.1, 0.15) is 20.7 Å². The topological polar surface area (TPSA) is 95.2 Å². The van der Waals surface area contributed by atoms with Crippen LogP contribution in [0, 0.1) is 0 Å². The monoisotopic (exact) mass is 243 g/mol. The van der Waals surface area contributed by atoms with E-state index in [1.54, 1.807) is 18.3 Å². The molecule has 0 aliphatic heterocycles. The molecule has 0 unspecified atom stereocenters. The number of hydrogen-bond acceptors (Lipinski definition) is 5. The summed E-state index contributed by atoms with van der Waals surface area (Å²) in [5.74, 6) is -1.07. The number of pyridine rings is 2. The van der Waals surface area contributed by atoms with Crippen LogP contribution >= 0.6 is 0 Å². The normalized spacial score (nSPS) is 9.78. The zero-order valence-electron chi connectivity index (χ0n) is 9.24. The van der Waals surface area contributed by atoms with E-state index in [2.05, 4.69) is 9.97 Å². The number of amides is 1. The maximum Gasteiger partial charge on any atom is 0.346 e. The van der Waals surface area contributed by atoms with E-state index in [1.165, 1.54) is 24.5 Å². The van der Waals surface area contributed by atoms with Gasteiger partial charge in [-0.15, -0.1) is 0 Å². The second-order valence-corrected chi connectivity index (χ2v) is 3.38. The van der Waals surface area contributed by atoms with Gasteiger partial charge in [0.2, 0.25) is 11.8 Å². The minimum atomic E-state index is -0.590. The molecule has 0 saturated heterocycles. The fraction of sp³-hybridized carbons (Fsp3) is 0. The molecule has 0 bridgehead atoms. The molecule has 6 nitrogen and oxygen atoms in total. The minimum absolute atomic E-state index is 0.0915. The summed E-state index contributed by atoms with van der Waals surface area (Å²) in [6.45, 7) is 0. The number of primary amides is 1. The maximum absolute atomic E-state index is 11.6. The Balaban J connectivity index is 2.10. The van der Waals surface area contributed by atoms with Crippen molar-refractivity contribution in [3.8, 4) is 5.88 Å². The largest absolute Gasteiger partial charge is 0.404 e. The second kappa shape index (κ2) is 5.05. The highest BCUT2D eigenvalue weighted by Gasteiger charge is 2.09. The molecule has 2 N–H and O–H groups in total. The number of nitrogens with two attached hydrogens (primary N) is 1. The summed E-state index contributed by atoms with van der Waals surface area (Å²) in [7, 11) is 0. The molecule has 1 amide bonds. The molecular weight excluding hydrogens is 234 g/mol. The lowest BCUT2D eigenvalue weighted by molar-refractivity contribution is 0.0727. The summed E-state index contributed by atoms with van der Waals surface area (Å²) < 4.78 is 4.99. The standard InChI is InChI=1S/C12H9N3O3/c13-11(16)8-3-4-10(15-7-8)18-12(17)9-2-1-5-14-6-9/h1-7H,(H2,13,16). The van der Waals surface area contributed by atoms with Gasteiger partial charge in [0.25, 0.3) is 0 Å². The molecular formula is C12H9N3O3. The van der Waals surface area contributed by atoms with Gasteiger partial charge in [0.05, 0.1) is 11.1 Å². The molecule has 2 aromatic rings. The van der Waals surface area contributed by atoms with E-state index in [-0.39, 0.29) is 11.4 Å². The number of aromatic nitrogens is 2. The van der Waals surface area contributed by atoms with Crippen molar-refractivity contribution >= 4 is 11.9 Å². The molecule has 0 aromatic carbocycles. The van der Waals surface area contributed by atoms with E-state index in [0.717, 1.165) is 0 Å². The van der Waals surface area contributed by atoms with Gasteiger partial charge in [-0.3, -0.25) is 9.78 Å². The first kappa shape index (κ1) is 11.7. The molecule has 0 fully saturated rings. The highest BCUT2D eigenvalue weighted by molar-refractivity contribution is 5.93. The van der Waals surface area contributed by atoms with Crippen molar-refractivity contribution in [1.29, 1.82) is 0 Å². The summed E-state index contributed by atoms with van der Waals surface area (Å²) in [4.78, 5) is 30.1. The quantitative estimate of drug-likeness (QED) is 0.804. The third kappa shape index (κ3) is 2.67. The fourth-order valence-electron chi connectivity index (χ4n) is 1.22. The van der Waals surface area contributed by atoms with Crippen LogP contribution in [0.4, 0.5) is 0 Å². The summed E-state index contributed by atoms with van der Waals surface area (Å²) in [6, 6.07) is 6.03. The number of nitrogens with zero attached hydrogens (tertiary/aromatic N) is 2. The summed E-state index contributed by atoms with van der Waals surface area (Å²) in [5.41, 5.74) is 5.63. The van der Waals surface area contributed by atoms with Gasteiger partial charge in [0.15, 0.2) is 0 Å². The van der Waals surface area contributed by atoms with E-state index >= 15 is 0 Å². The van der Waals surface area contributed by atoms with Crippen molar-refractivity contribution in [3.05, 3.63) is 54.0 Å². The zero-order chi connectivity index (χ0) is 13.0. The van der Waals surface area contributed by atoms with Crippen LogP contribution in [0.3, 0.4) is 0 Å². The van der Waals surface area contributed by atoms with E-state index in [4.69, 9.17) is 10.5 Å². The summed E-state index contributed by atoms with van der Waals surface area (Å²) in [6.07, 6.45) is 4.19. The van der Waals surface area contributed by atoms with E-state index in [9.17, 15) is 9.59 Å². The lowest BCUT2D eigenvalue weighted by Crippen LogP contribution is -2.12. The van der Waals surface area contributed by atoms with E-state index in [0.29, 0.717) is 5.56 Å². The molecule has 0 saturated carbocycles. The smallest absolute Gasteiger partial charge is 0.346 e. The highest BCUT2D eigenvalue weighted by Crippen LogP contribution is 2.09. The zero-order valence-corrected chi connectivity index (χ0v) is 9.24. The molecule has 2 rings (SSSR count). The van der Waals surface area contributed by atoms with Crippen LogP contribution in [0.5, 0.6) is 5.88 Å². The van der Waals surface area contributed by atoms with Crippen LogP contribution in [0.2, 0.25) is 0 Å². The molecule has 0 radical (unpaired) electrons.